The molecule has 1 amide bonds. The minimum atomic E-state index is -2.98. The number of rotatable bonds is 6. The van der Waals surface area contributed by atoms with Gasteiger partial charge < -0.3 is 19.2 Å². The van der Waals surface area contributed by atoms with E-state index in [1.807, 2.05) is 6.07 Å². The average Bonchev–Trinajstić information content (AvgIpc) is 2.98. The van der Waals surface area contributed by atoms with Gasteiger partial charge >= 0.3 is 6.61 Å². The van der Waals surface area contributed by atoms with E-state index in [-0.39, 0.29) is 23.8 Å². The third-order valence-electron chi connectivity index (χ3n) is 4.02. The van der Waals surface area contributed by atoms with E-state index in [1.165, 1.54) is 19.2 Å². The van der Waals surface area contributed by atoms with Gasteiger partial charge in [0.2, 0.25) is 0 Å². The highest BCUT2D eigenvalue weighted by Gasteiger charge is 2.19. The summed E-state index contributed by atoms with van der Waals surface area (Å²) in [5, 5.41) is 3.86. The quantitative estimate of drug-likeness (QED) is 0.642. The molecular weight excluding hydrogens is 380 g/mol. The normalized spacial score (nSPS) is 11.0. The maximum absolute atomic E-state index is 12.5. The SMILES string of the molecule is COc1ccc(CNC(=O)c2oc3c(Cl)cccc3c2C)cc1OC(F)F. The minimum Gasteiger partial charge on any atom is -0.493 e. The topological polar surface area (TPSA) is 60.7 Å². The average molecular weight is 396 g/mol. The molecule has 0 aliphatic carbocycles. The van der Waals surface area contributed by atoms with Crippen molar-refractivity contribution in [2.45, 2.75) is 20.1 Å². The van der Waals surface area contributed by atoms with Crippen molar-refractivity contribution in [2.24, 2.45) is 0 Å². The van der Waals surface area contributed by atoms with Crippen LogP contribution in [0.5, 0.6) is 11.5 Å². The Bertz CT molecular complexity index is 987. The number of carbonyl (C=O) groups is 1. The van der Waals surface area contributed by atoms with Gasteiger partial charge in [0, 0.05) is 17.5 Å². The van der Waals surface area contributed by atoms with Crippen LogP contribution in [0.2, 0.25) is 5.02 Å². The van der Waals surface area contributed by atoms with Crippen molar-refractivity contribution in [3.63, 3.8) is 0 Å². The summed E-state index contributed by atoms with van der Waals surface area (Å²) < 4.78 is 40.0. The standard InChI is InChI=1S/C19H16ClF2NO4/c1-10-12-4-3-5-13(20)17(12)27-16(10)18(24)23-9-11-6-7-14(25-2)15(8-11)26-19(21)22/h3-8,19H,9H2,1-2H3,(H,23,24). The number of nitrogens with one attached hydrogen (secondary N) is 1. The van der Waals surface area contributed by atoms with Gasteiger partial charge in [0.25, 0.3) is 5.91 Å². The molecule has 0 fully saturated rings. The molecular formula is C19H16ClF2NO4. The van der Waals surface area contributed by atoms with Crippen molar-refractivity contribution in [3.05, 3.63) is 58.3 Å². The zero-order valence-electron chi connectivity index (χ0n) is 14.5. The van der Waals surface area contributed by atoms with Crippen LogP contribution in [-0.4, -0.2) is 19.6 Å². The molecule has 0 aliphatic heterocycles. The second-order valence-corrected chi connectivity index (χ2v) is 6.13. The van der Waals surface area contributed by atoms with Gasteiger partial charge in [-0.3, -0.25) is 4.79 Å². The van der Waals surface area contributed by atoms with Gasteiger partial charge in [0.15, 0.2) is 22.8 Å². The van der Waals surface area contributed by atoms with Gasteiger partial charge in [0.1, 0.15) is 0 Å². The number of alkyl halides is 2. The first kappa shape index (κ1) is 19.0. The molecule has 2 aromatic carbocycles. The number of methoxy groups -OCH3 is 1. The Hall–Kier alpha value is -2.80. The second kappa shape index (κ2) is 7.84. The predicted molar refractivity (Wildman–Crippen MR) is 96.8 cm³/mol. The summed E-state index contributed by atoms with van der Waals surface area (Å²) in [6.07, 6.45) is 0. The Morgan fingerprint density at radius 1 is 1.26 bits per heavy atom. The van der Waals surface area contributed by atoms with Gasteiger partial charge in [-0.05, 0) is 30.7 Å². The molecule has 1 heterocycles. The number of benzene rings is 2. The van der Waals surface area contributed by atoms with E-state index in [9.17, 15) is 13.6 Å². The molecule has 1 N–H and O–H groups in total. The third-order valence-corrected chi connectivity index (χ3v) is 4.32. The van der Waals surface area contributed by atoms with Crippen molar-refractivity contribution in [1.29, 1.82) is 0 Å². The highest BCUT2D eigenvalue weighted by molar-refractivity contribution is 6.35. The van der Waals surface area contributed by atoms with Crippen LogP contribution >= 0.6 is 11.6 Å². The molecule has 142 valence electrons. The Balaban J connectivity index is 1.78. The van der Waals surface area contributed by atoms with Crippen molar-refractivity contribution in [1.82, 2.24) is 5.32 Å². The number of halogens is 3. The van der Waals surface area contributed by atoms with Gasteiger partial charge in [-0.15, -0.1) is 0 Å². The summed E-state index contributed by atoms with van der Waals surface area (Å²) in [5.74, 6) is -0.221. The van der Waals surface area contributed by atoms with E-state index in [1.54, 1.807) is 25.1 Å². The van der Waals surface area contributed by atoms with Gasteiger partial charge in [-0.2, -0.15) is 8.78 Å². The molecule has 0 unspecified atom stereocenters. The van der Waals surface area contributed by atoms with Crippen LogP contribution < -0.4 is 14.8 Å². The Labute approximate surface area is 158 Å². The van der Waals surface area contributed by atoms with Crippen LogP contribution in [0.15, 0.2) is 40.8 Å². The predicted octanol–water partition coefficient (Wildman–Crippen LogP) is 4.93. The minimum absolute atomic E-state index is 0.0899. The molecule has 0 saturated heterocycles. The summed E-state index contributed by atoms with van der Waals surface area (Å²) in [6, 6.07) is 9.78. The molecule has 0 saturated carbocycles. The van der Waals surface area contributed by atoms with E-state index < -0.39 is 12.5 Å². The first-order chi connectivity index (χ1) is 12.9. The first-order valence-electron chi connectivity index (χ1n) is 7.98. The fraction of sp³-hybridized carbons (Fsp3) is 0.211. The maximum Gasteiger partial charge on any atom is 0.387 e. The fourth-order valence-corrected chi connectivity index (χ4v) is 2.92. The van der Waals surface area contributed by atoms with E-state index >= 15 is 0 Å². The van der Waals surface area contributed by atoms with E-state index in [0.29, 0.717) is 21.7 Å². The molecule has 0 aliphatic rings. The van der Waals surface area contributed by atoms with Gasteiger partial charge in [0.05, 0.1) is 12.1 Å². The molecule has 3 aromatic rings. The number of fused-ring (bicyclic) bond motifs is 1. The lowest BCUT2D eigenvalue weighted by Gasteiger charge is -2.12. The summed E-state index contributed by atoms with van der Waals surface area (Å²) in [7, 11) is 1.35. The lowest BCUT2D eigenvalue weighted by molar-refractivity contribution is -0.0512. The lowest BCUT2D eigenvalue weighted by atomic mass is 10.1. The molecule has 8 heteroatoms. The van der Waals surface area contributed by atoms with Crippen LogP contribution in [0, 0.1) is 6.92 Å². The van der Waals surface area contributed by atoms with Gasteiger partial charge in [-0.1, -0.05) is 29.8 Å². The lowest BCUT2D eigenvalue weighted by Crippen LogP contribution is -2.23. The smallest absolute Gasteiger partial charge is 0.387 e. The van der Waals surface area contributed by atoms with E-state index in [4.69, 9.17) is 20.8 Å². The Kier molecular flexibility index (Phi) is 5.51. The molecule has 0 atom stereocenters. The highest BCUT2D eigenvalue weighted by Crippen LogP contribution is 2.31. The number of hydrogen-bond donors (Lipinski definition) is 1. The summed E-state index contributed by atoms with van der Waals surface area (Å²) in [6.45, 7) is -1.13. The number of carbonyl (C=O) groups excluding carboxylic acids is 1. The number of amides is 1. The highest BCUT2D eigenvalue weighted by atomic mass is 35.5. The van der Waals surface area contributed by atoms with Crippen molar-refractivity contribution >= 4 is 28.5 Å². The second-order valence-electron chi connectivity index (χ2n) is 5.72. The Morgan fingerprint density at radius 3 is 2.70 bits per heavy atom. The number of furan rings is 1. The summed E-state index contributed by atoms with van der Waals surface area (Å²) >= 11 is 6.09. The number of aryl methyl sites for hydroxylation is 1. The molecule has 0 spiro atoms. The molecule has 5 nitrogen and oxygen atoms in total. The van der Waals surface area contributed by atoms with Crippen LogP contribution in [0.25, 0.3) is 11.0 Å². The Morgan fingerprint density at radius 2 is 2.04 bits per heavy atom. The largest absolute Gasteiger partial charge is 0.493 e. The molecule has 1 aromatic heterocycles. The molecule has 27 heavy (non-hydrogen) atoms. The maximum atomic E-state index is 12.5. The van der Waals surface area contributed by atoms with Crippen molar-refractivity contribution in [2.75, 3.05) is 7.11 Å². The monoisotopic (exact) mass is 395 g/mol. The molecule has 3 rings (SSSR count). The zero-order chi connectivity index (χ0) is 19.6. The zero-order valence-corrected chi connectivity index (χ0v) is 15.3. The summed E-state index contributed by atoms with van der Waals surface area (Å²) in [4.78, 5) is 12.5. The van der Waals surface area contributed by atoms with E-state index in [0.717, 1.165) is 5.39 Å². The fourth-order valence-electron chi connectivity index (χ4n) is 2.71. The number of para-hydroxylation sites is 1. The van der Waals surface area contributed by atoms with Crippen LogP contribution in [0.4, 0.5) is 8.78 Å². The van der Waals surface area contributed by atoms with Crippen molar-refractivity contribution < 1.29 is 27.5 Å². The van der Waals surface area contributed by atoms with Crippen LogP contribution in [0.3, 0.4) is 0 Å². The number of ether oxygens (including phenoxy) is 2. The molecule has 0 radical (unpaired) electrons. The van der Waals surface area contributed by atoms with Crippen LogP contribution in [-0.2, 0) is 6.54 Å². The van der Waals surface area contributed by atoms with Gasteiger partial charge in [-0.25, -0.2) is 0 Å². The van der Waals surface area contributed by atoms with Crippen molar-refractivity contribution in [3.8, 4) is 11.5 Å². The number of hydrogen-bond acceptors (Lipinski definition) is 4. The van der Waals surface area contributed by atoms with E-state index in [2.05, 4.69) is 10.1 Å². The first-order valence-corrected chi connectivity index (χ1v) is 8.36. The van der Waals surface area contributed by atoms with Crippen LogP contribution in [0.1, 0.15) is 21.7 Å². The third kappa shape index (κ3) is 3.98. The molecule has 0 bridgehead atoms. The summed E-state index contributed by atoms with van der Waals surface area (Å²) in [5.41, 5.74) is 1.67.